The summed E-state index contributed by atoms with van der Waals surface area (Å²) in [4.78, 5) is 17.0. The molecule has 26 heavy (non-hydrogen) atoms. The Hall–Kier alpha value is -1.85. The van der Waals surface area contributed by atoms with Crippen molar-refractivity contribution in [2.75, 3.05) is 40.3 Å². The predicted octanol–water partition coefficient (Wildman–Crippen LogP) is 2.46. The first-order chi connectivity index (χ1) is 12.5. The van der Waals surface area contributed by atoms with Crippen molar-refractivity contribution < 1.29 is 4.79 Å². The predicted molar refractivity (Wildman–Crippen MR) is 107 cm³/mol. The second-order valence-electron chi connectivity index (χ2n) is 7.75. The second kappa shape index (κ2) is 8.69. The number of nitrogens with zero attached hydrogens (tertiary/aromatic N) is 3. The Balaban J connectivity index is 1.46. The van der Waals surface area contributed by atoms with Gasteiger partial charge in [-0.2, -0.15) is 0 Å². The van der Waals surface area contributed by atoms with Gasteiger partial charge in [0.1, 0.15) is 0 Å². The highest BCUT2D eigenvalue weighted by Crippen LogP contribution is 2.23. The number of aryl methyl sites for hydroxylation is 1. The average molecular weight is 357 g/mol. The lowest BCUT2D eigenvalue weighted by Crippen LogP contribution is -2.40. The lowest BCUT2D eigenvalue weighted by Gasteiger charge is -2.31. The van der Waals surface area contributed by atoms with Crippen molar-refractivity contribution in [3.05, 3.63) is 36.0 Å². The number of hydrogen-bond acceptors (Lipinski definition) is 3. The van der Waals surface area contributed by atoms with Crippen LogP contribution in [0.3, 0.4) is 0 Å². The zero-order valence-corrected chi connectivity index (χ0v) is 16.4. The number of nitrogens with one attached hydrogen (secondary N) is 1. The Kier molecular flexibility index (Phi) is 6.33. The van der Waals surface area contributed by atoms with Crippen LogP contribution in [-0.4, -0.2) is 60.5 Å². The number of para-hydroxylation sites is 1. The molecule has 0 atom stereocenters. The van der Waals surface area contributed by atoms with Gasteiger partial charge in [0.15, 0.2) is 0 Å². The first kappa shape index (κ1) is 18.9. The molecule has 0 radical (unpaired) electrons. The summed E-state index contributed by atoms with van der Waals surface area (Å²) in [6.07, 6.45) is 2.94. The number of benzene rings is 1. The van der Waals surface area contributed by atoms with E-state index in [1.165, 1.54) is 16.6 Å². The van der Waals surface area contributed by atoms with E-state index in [1.54, 1.807) is 0 Å². The summed E-state index contributed by atoms with van der Waals surface area (Å²) < 4.78 is 2.29. The van der Waals surface area contributed by atoms with Crippen LogP contribution in [0.1, 0.15) is 25.0 Å². The van der Waals surface area contributed by atoms with Crippen molar-refractivity contribution in [2.45, 2.75) is 25.8 Å². The van der Waals surface area contributed by atoms with Crippen LogP contribution in [-0.2, 0) is 18.4 Å². The molecule has 2 heterocycles. The number of carbonyl (C=O) groups is 1. The summed E-state index contributed by atoms with van der Waals surface area (Å²) in [5.74, 6) is 0.422. The standard InChI is InChI=1S/C21H32N4O/c1-23(2)12-6-11-22-21(26)17-9-13-25(14-10-17)16-19-15-18-7-4-5-8-20(18)24(19)3/h4-5,7-8,15,17H,6,9-14,16H2,1-3H3,(H,22,26). The van der Waals surface area contributed by atoms with Gasteiger partial charge < -0.3 is 14.8 Å². The van der Waals surface area contributed by atoms with E-state index in [-0.39, 0.29) is 11.8 Å². The van der Waals surface area contributed by atoms with E-state index >= 15 is 0 Å². The molecule has 1 fully saturated rings. The molecule has 5 heteroatoms. The molecule has 0 aliphatic carbocycles. The Morgan fingerprint density at radius 3 is 2.65 bits per heavy atom. The maximum atomic E-state index is 12.3. The first-order valence-electron chi connectivity index (χ1n) is 9.72. The number of likely N-dealkylation sites (tertiary alicyclic amines) is 1. The zero-order valence-electron chi connectivity index (χ0n) is 16.4. The molecule has 0 bridgehead atoms. The molecular formula is C21H32N4O. The molecule has 0 unspecified atom stereocenters. The summed E-state index contributed by atoms with van der Waals surface area (Å²) in [6, 6.07) is 10.8. The molecule has 0 spiro atoms. The highest BCUT2D eigenvalue weighted by atomic mass is 16.1. The van der Waals surface area contributed by atoms with E-state index in [0.29, 0.717) is 0 Å². The molecule has 1 aromatic heterocycles. The summed E-state index contributed by atoms with van der Waals surface area (Å²) in [5.41, 5.74) is 2.63. The molecule has 142 valence electrons. The smallest absolute Gasteiger partial charge is 0.223 e. The van der Waals surface area contributed by atoms with Crippen LogP contribution in [0.2, 0.25) is 0 Å². The number of piperidine rings is 1. The number of amides is 1. The van der Waals surface area contributed by atoms with E-state index < -0.39 is 0 Å². The van der Waals surface area contributed by atoms with E-state index in [4.69, 9.17) is 0 Å². The molecule has 1 amide bonds. The Labute approximate surface area is 157 Å². The fourth-order valence-electron chi connectivity index (χ4n) is 3.83. The summed E-state index contributed by atoms with van der Waals surface area (Å²) in [5, 5.41) is 4.41. The van der Waals surface area contributed by atoms with Gasteiger partial charge in [0, 0.05) is 37.3 Å². The molecule has 1 saturated heterocycles. The van der Waals surface area contributed by atoms with Crippen molar-refractivity contribution in [3.8, 4) is 0 Å². The minimum Gasteiger partial charge on any atom is -0.356 e. The molecule has 0 saturated carbocycles. The first-order valence-corrected chi connectivity index (χ1v) is 9.72. The van der Waals surface area contributed by atoms with Crippen LogP contribution in [0.15, 0.2) is 30.3 Å². The van der Waals surface area contributed by atoms with Crippen LogP contribution >= 0.6 is 0 Å². The summed E-state index contributed by atoms with van der Waals surface area (Å²) in [6.45, 7) is 4.76. The van der Waals surface area contributed by atoms with Crippen molar-refractivity contribution in [1.29, 1.82) is 0 Å². The van der Waals surface area contributed by atoms with Gasteiger partial charge in [0.2, 0.25) is 5.91 Å². The number of fused-ring (bicyclic) bond motifs is 1. The third-order valence-electron chi connectivity index (χ3n) is 5.48. The van der Waals surface area contributed by atoms with Gasteiger partial charge >= 0.3 is 0 Å². The molecule has 1 aliphatic heterocycles. The average Bonchev–Trinajstić information content (AvgIpc) is 2.95. The molecule has 2 aromatic rings. The molecule has 3 rings (SSSR count). The van der Waals surface area contributed by atoms with E-state index in [1.807, 2.05) is 0 Å². The molecule has 5 nitrogen and oxygen atoms in total. The van der Waals surface area contributed by atoms with Crippen LogP contribution < -0.4 is 5.32 Å². The molecule has 1 N–H and O–H groups in total. The minimum atomic E-state index is 0.179. The van der Waals surface area contributed by atoms with Gasteiger partial charge in [0.25, 0.3) is 0 Å². The van der Waals surface area contributed by atoms with Crippen molar-refractivity contribution in [3.63, 3.8) is 0 Å². The highest BCUT2D eigenvalue weighted by molar-refractivity contribution is 5.81. The normalized spacial score (nSPS) is 16.5. The largest absolute Gasteiger partial charge is 0.356 e. The van der Waals surface area contributed by atoms with Gasteiger partial charge in [0.05, 0.1) is 0 Å². The van der Waals surface area contributed by atoms with Crippen LogP contribution in [0.5, 0.6) is 0 Å². The van der Waals surface area contributed by atoms with Gasteiger partial charge in [-0.15, -0.1) is 0 Å². The fourth-order valence-corrected chi connectivity index (χ4v) is 3.83. The third-order valence-corrected chi connectivity index (χ3v) is 5.48. The maximum absolute atomic E-state index is 12.3. The summed E-state index contributed by atoms with van der Waals surface area (Å²) in [7, 11) is 6.27. The number of hydrogen-bond donors (Lipinski definition) is 1. The quantitative estimate of drug-likeness (QED) is 0.775. The minimum absolute atomic E-state index is 0.179. The van der Waals surface area contributed by atoms with Gasteiger partial charge in [-0.1, -0.05) is 18.2 Å². The monoisotopic (exact) mass is 356 g/mol. The zero-order chi connectivity index (χ0) is 18.5. The molecular weight excluding hydrogens is 324 g/mol. The van der Waals surface area contributed by atoms with E-state index in [2.05, 4.69) is 71.2 Å². The van der Waals surface area contributed by atoms with Crippen molar-refractivity contribution in [1.82, 2.24) is 19.7 Å². The number of aromatic nitrogens is 1. The second-order valence-corrected chi connectivity index (χ2v) is 7.75. The van der Waals surface area contributed by atoms with Gasteiger partial charge in [-0.25, -0.2) is 0 Å². The lowest BCUT2D eigenvalue weighted by atomic mass is 9.96. The Bertz CT molecular complexity index is 729. The van der Waals surface area contributed by atoms with Gasteiger partial charge in [-0.05, 0) is 70.5 Å². The topological polar surface area (TPSA) is 40.5 Å². The van der Waals surface area contributed by atoms with Crippen LogP contribution in [0.4, 0.5) is 0 Å². The summed E-state index contributed by atoms with van der Waals surface area (Å²) >= 11 is 0. The highest BCUT2D eigenvalue weighted by Gasteiger charge is 2.25. The molecule has 1 aliphatic rings. The van der Waals surface area contributed by atoms with Crippen LogP contribution in [0, 0.1) is 5.92 Å². The van der Waals surface area contributed by atoms with Crippen molar-refractivity contribution in [2.24, 2.45) is 13.0 Å². The maximum Gasteiger partial charge on any atom is 0.223 e. The number of rotatable bonds is 7. The lowest BCUT2D eigenvalue weighted by molar-refractivity contribution is -0.126. The number of carbonyl (C=O) groups excluding carboxylic acids is 1. The van der Waals surface area contributed by atoms with E-state index in [0.717, 1.165) is 52.0 Å². The Morgan fingerprint density at radius 1 is 1.23 bits per heavy atom. The van der Waals surface area contributed by atoms with Crippen LogP contribution in [0.25, 0.3) is 10.9 Å². The Morgan fingerprint density at radius 2 is 1.96 bits per heavy atom. The molecule has 1 aromatic carbocycles. The third kappa shape index (κ3) is 4.65. The van der Waals surface area contributed by atoms with Gasteiger partial charge in [-0.3, -0.25) is 9.69 Å². The SMILES string of the molecule is CN(C)CCCNC(=O)C1CCN(Cc2cc3ccccc3n2C)CC1. The van der Waals surface area contributed by atoms with Crippen molar-refractivity contribution >= 4 is 16.8 Å². The fraction of sp³-hybridized carbons (Fsp3) is 0.571. The van der Waals surface area contributed by atoms with E-state index in [9.17, 15) is 4.79 Å².